The summed E-state index contributed by atoms with van der Waals surface area (Å²) in [4.78, 5) is 25.2. The molecule has 0 aliphatic carbocycles. The quantitative estimate of drug-likeness (QED) is 0.547. The molecule has 0 aromatic heterocycles. The van der Waals surface area contributed by atoms with Gasteiger partial charge in [0.05, 0.1) is 7.11 Å². The Morgan fingerprint density at radius 1 is 0.871 bits per heavy atom. The molecule has 0 saturated carbocycles. The number of hydrogen-bond acceptors (Lipinski definition) is 4. The molecule has 6 heteroatoms. The highest BCUT2D eigenvalue weighted by Gasteiger charge is 2.19. The van der Waals surface area contributed by atoms with Crippen LogP contribution in [0.3, 0.4) is 0 Å². The Kier molecular flexibility index (Phi) is 7.27. The smallest absolute Gasteiger partial charge is 0.409 e. The van der Waals surface area contributed by atoms with Crippen LogP contribution in [0.15, 0.2) is 72.8 Å². The van der Waals surface area contributed by atoms with Crippen LogP contribution >= 0.6 is 0 Å². The Morgan fingerprint density at radius 3 is 2.13 bits per heavy atom. The predicted octanol–water partition coefficient (Wildman–Crippen LogP) is 4.67. The number of nitrogens with one attached hydrogen (secondary N) is 2. The second-order valence-corrected chi connectivity index (χ2v) is 7.26. The topological polar surface area (TPSA) is 76.7 Å². The minimum Gasteiger partial charge on any atom is -0.497 e. The molecule has 3 aromatic rings. The number of benzene rings is 3. The molecular weight excluding hydrogens is 392 g/mol. The zero-order valence-electron chi connectivity index (χ0n) is 17.8. The van der Waals surface area contributed by atoms with Crippen molar-refractivity contribution >= 4 is 12.0 Å². The zero-order valence-corrected chi connectivity index (χ0v) is 17.8. The molecule has 2 N–H and O–H groups in total. The molecule has 1 atom stereocenters. The molecule has 31 heavy (non-hydrogen) atoms. The summed E-state index contributed by atoms with van der Waals surface area (Å²) in [7, 11) is 1.56. The van der Waals surface area contributed by atoms with Crippen LogP contribution in [0.5, 0.6) is 5.75 Å². The molecular formula is C25H26N2O4. The van der Waals surface area contributed by atoms with E-state index in [1.54, 1.807) is 31.4 Å². The Hall–Kier alpha value is -3.80. The molecule has 0 bridgehead atoms. The van der Waals surface area contributed by atoms with Gasteiger partial charge in [0.15, 0.2) is 0 Å². The van der Waals surface area contributed by atoms with Crippen LogP contribution in [0.25, 0.3) is 0 Å². The first kappa shape index (κ1) is 21.9. The summed E-state index contributed by atoms with van der Waals surface area (Å²) in [6.07, 6.45) is -1.37. The first-order valence-corrected chi connectivity index (χ1v) is 9.95. The summed E-state index contributed by atoms with van der Waals surface area (Å²) in [6.45, 7) is 4.13. The maximum atomic E-state index is 12.7. The third-order valence-electron chi connectivity index (χ3n) is 4.67. The summed E-state index contributed by atoms with van der Waals surface area (Å²) in [5, 5.41) is 5.58. The van der Waals surface area contributed by atoms with Crippen LogP contribution in [0.1, 0.15) is 38.8 Å². The minimum atomic E-state index is -0.748. The Morgan fingerprint density at radius 2 is 1.52 bits per heavy atom. The van der Waals surface area contributed by atoms with E-state index in [4.69, 9.17) is 9.47 Å². The third kappa shape index (κ3) is 6.34. The van der Waals surface area contributed by atoms with Gasteiger partial charge in [0.2, 0.25) is 0 Å². The number of hydrogen-bond donors (Lipinski definition) is 2. The number of ether oxygens (including phenoxy) is 2. The van der Waals surface area contributed by atoms with Crippen molar-refractivity contribution < 1.29 is 19.1 Å². The van der Waals surface area contributed by atoms with Crippen LogP contribution < -0.4 is 15.4 Å². The van der Waals surface area contributed by atoms with Gasteiger partial charge in [-0.05, 0) is 49.2 Å². The van der Waals surface area contributed by atoms with Gasteiger partial charge in [-0.1, -0.05) is 59.7 Å². The molecule has 0 aliphatic rings. The van der Waals surface area contributed by atoms with E-state index in [9.17, 15) is 9.59 Å². The number of rotatable bonds is 7. The van der Waals surface area contributed by atoms with E-state index < -0.39 is 12.3 Å². The molecule has 2 amide bonds. The highest BCUT2D eigenvalue weighted by atomic mass is 16.5. The number of methoxy groups -OCH3 is 1. The van der Waals surface area contributed by atoms with Gasteiger partial charge in [0.25, 0.3) is 5.91 Å². The summed E-state index contributed by atoms with van der Waals surface area (Å²) >= 11 is 0. The molecule has 0 spiro atoms. The fraction of sp³-hybridized carbons (Fsp3) is 0.200. The second kappa shape index (κ2) is 10.3. The van der Waals surface area contributed by atoms with Crippen molar-refractivity contribution in [1.29, 1.82) is 0 Å². The fourth-order valence-electron chi connectivity index (χ4n) is 3.27. The van der Waals surface area contributed by atoms with Crippen molar-refractivity contribution in [3.05, 3.63) is 101 Å². The van der Waals surface area contributed by atoms with Crippen molar-refractivity contribution in [2.45, 2.75) is 26.6 Å². The summed E-state index contributed by atoms with van der Waals surface area (Å²) < 4.78 is 10.5. The van der Waals surface area contributed by atoms with Crippen LogP contribution in [0, 0.1) is 13.8 Å². The number of amides is 2. The molecule has 3 aromatic carbocycles. The first-order chi connectivity index (χ1) is 14.9. The molecule has 6 nitrogen and oxygen atoms in total. The lowest BCUT2D eigenvalue weighted by Gasteiger charge is -2.21. The molecule has 3 rings (SSSR count). The second-order valence-electron chi connectivity index (χ2n) is 7.26. The largest absolute Gasteiger partial charge is 0.497 e. The van der Waals surface area contributed by atoms with Crippen molar-refractivity contribution in [2.24, 2.45) is 0 Å². The molecule has 0 radical (unpaired) electrons. The van der Waals surface area contributed by atoms with Gasteiger partial charge in [-0.2, -0.15) is 0 Å². The number of aryl methyl sites for hydroxylation is 2. The molecule has 0 fully saturated rings. The normalized spacial score (nSPS) is 11.3. The molecule has 0 heterocycles. The van der Waals surface area contributed by atoms with Crippen molar-refractivity contribution in [1.82, 2.24) is 10.6 Å². The zero-order chi connectivity index (χ0) is 22.2. The lowest BCUT2D eigenvalue weighted by molar-refractivity contribution is 0.0920. The summed E-state index contributed by atoms with van der Waals surface area (Å²) in [5.41, 5.74) is 4.30. The van der Waals surface area contributed by atoms with Gasteiger partial charge < -0.3 is 14.8 Å². The summed E-state index contributed by atoms with van der Waals surface area (Å²) in [6, 6.07) is 21.9. The van der Waals surface area contributed by atoms with Crippen LogP contribution in [0.2, 0.25) is 0 Å². The highest BCUT2D eigenvalue weighted by molar-refractivity contribution is 5.94. The molecule has 0 unspecified atom stereocenters. The van der Waals surface area contributed by atoms with Crippen molar-refractivity contribution in [2.75, 3.05) is 7.11 Å². The Bertz CT molecular complexity index is 1010. The first-order valence-electron chi connectivity index (χ1n) is 9.95. The van der Waals surface area contributed by atoms with E-state index in [1.165, 1.54) is 0 Å². The maximum Gasteiger partial charge on any atom is 0.409 e. The average Bonchev–Trinajstić information content (AvgIpc) is 2.77. The minimum absolute atomic E-state index is 0.141. The van der Waals surface area contributed by atoms with Crippen molar-refractivity contribution in [3.63, 3.8) is 0 Å². The van der Waals surface area contributed by atoms with Crippen LogP contribution in [0.4, 0.5) is 4.79 Å². The third-order valence-corrected chi connectivity index (χ3v) is 4.67. The SMILES string of the molecule is COc1ccc(C(=O)N[C@@H](NC(=O)OCc2cc(C)cc(C)c2)c2ccccc2)cc1. The highest BCUT2D eigenvalue weighted by Crippen LogP contribution is 2.15. The molecule has 0 saturated heterocycles. The fourth-order valence-corrected chi connectivity index (χ4v) is 3.27. The lowest BCUT2D eigenvalue weighted by atomic mass is 10.1. The van der Waals surface area contributed by atoms with E-state index >= 15 is 0 Å². The van der Waals surface area contributed by atoms with Gasteiger partial charge in [0, 0.05) is 5.56 Å². The number of carbonyl (C=O) groups is 2. The summed E-state index contributed by atoms with van der Waals surface area (Å²) in [5.74, 6) is 0.329. The van der Waals surface area contributed by atoms with Crippen molar-refractivity contribution in [3.8, 4) is 5.75 Å². The van der Waals surface area contributed by atoms with Gasteiger partial charge in [-0.15, -0.1) is 0 Å². The van der Waals surface area contributed by atoms with Gasteiger partial charge in [0.1, 0.15) is 18.5 Å². The van der Waals surface area contributed by atoms with Gasteiger partial charge in [-0.3, -0.25) is 10.1 Å². The van der Waals surface area contributed by atoms with Gasteiger partial charge >= 0.3 is 6.09 Å². The standard InChI is InChI=1S/C25H26N2O4/c1-17-13-18(2)15-19(14-17)16-31-25(29)27-23(20-7-5-4-6-8-20)26-24(28)21-9-11-22(30-3)12-10-21/h4-15,23H,16H2,1-3H3,(H,26,28)(H,27,29)/t23-/m0/s1. The number of carbonyl (C=O) groups excluding carboxylic acids is 2. The van der Waals surface area contributed by atoms with Crippen LogP contribution in [-0.2, 0) is 11.3 Å². The predicted molar refractivity (Wildman–Crippen MR) is 119 cm³/mol. The number of alkyl carbamates (subject to hydrolysis) is 1. The lowest BCUT2D eigenvalue weighted by Crippen LogP contribution is -2.41. The Labute approximate surface area is 182 Å². The van der Waals surface area contributed by atoms with Crippen LogP contribution in [-0.4, -0.2) is 19.1 Å². The molecule has 160 valence electrons. The van der Waals surface area contributed by atoms with E-state index in [1.807, 2.05) is 56.3 Å². The van der Waals surface area contributed by atoms with E-state index in [-0.39, 0.29) is 12.5 Å². The maximum absolute atomic E-state index is 12.7. The average molecular weight is 418 g/mol. The van der Waals surface area contributed by atoms with E-state index in [2.05, 4.69) is 16.7 Å². The Balaban J connectivity index is 1.68. The monoisotopic (exact) mass is 418 g/mol. The van der Waals surface area contributed by atoms with E-state index in [0.717, 1.165) is 22.3 Å². The van der Waals surface area contributed by atoms with E-state index in [0.29, 0.717) is 11.3 Å². The molecule has 0 aliphatic heterocycles. The van der Waals surface area contributed by atoms with Gasteiger partial charge in [-0.25, -0.2) is 4.79 Å².